The van der Waals surface area contributed by atoms with Gasteiger partial charge >= 0.3 is 39.5 Å². The predicted molar refractivity (Wildman–Crippen MR) is 395 cm³/mol. The van der Waals surface area contributed by atoms with Gasteiger partial charge < -0.3 is 33.8 Å². The highest BCUT2D eigenvalue weighted by Crippen LogP contribution is 2.45. The Labute approximate surface area is 592 Å². The molecule has 0 fully saturated rings. The van der Waals surface area contributed by atoms with Gasteiger partial charge in [0.1, 0.15) is 19.3 Å². The summed E-state index contributed by atoms with van der Waals surface area (Å²) in [7, 11) is -9.93. The lowest BCUT2D eigenvalue weighted by Crippen LogP contribution is -2.30. The SMILES string of the molecule is CCCCCC/C=C\C=C/CCCCCCCC(=O)OC[C@H](COP(=O)(O)OC[C@@H](O)COP(=O)(O)OC[C@@H](COC(=O)CCCCCCCCCCCCC(C)C)OC(=O)CCCCCCCCCCCCC(C)C)OC(=O)CCCCCCCCCCCCCCCC(C)C. The van der Waals surface area contributed by atoms with Gasteiger partial charge in [-0.3, -0.25) is 37.3 Å². The number of hydrogen-bond donors (Lipinski definition) is 3. The van der Waals surface area contributed by atoms with Gasteiger partial charge in [-0.1, -0.05) is 323 Å². The lowest BCUT2D eigenvalue weighted by Gasteiger charge is -2.21. The maximum Gasteiger partial charge on any atom is 0.472 e. The second-order valence-electron chi connectivity index (χ2n) is 28.8. The van der Waals surface area contributed by atoms with Crippen LogP contribution in [0.5, 0.6) is 0 Å². The molecule has 0 rings (SSSR count). The molecule has 0 aromatic rings. The van der Waals surface area contributed by atoms with E-state index in [4.69, 9.17) is 37.0 Å². The zero-order chi connectivity index (χ0) is 71.6. The van der Waals surface area contributed by atoms with Gasteiger partial charge in [-0.25, -0.2) is 9.13 Å². The van der Waals surface area contributed by atoms with Gasteiger partial charge in [-0.15, -0.1) is 0 Å². The van der Waals surface area contributed by atoms with Crippen molar-refractivity contribution in [2.24, 2.45) is 17.8 Å². The number of esters is 4. The van der Waals surface area contributed by atoms with Crippen LogP contribution in [0, 0.1) is 17.8 Å². The predicted octanol–water partition coefficient (Wildman–Crippen LogP) is 22.5. The fraction of sp³-hybridized carbons (Fsp3) is 0.897. The molecule has 97 heavy (non-hydrogen) atoms. The first-order valence-corrected chi connectivity index (χ1v) is 42.7. The van der Waals surface area contributed by atoms with Crippen molar-refractivity contribution in [1.29, 1.82) is 0 Å². The maximum absolute atomic E-state index is 13.1. The van der Waals surface area contributed by atoms with Crippen LogP contribution in [0.25, 0.3) is 0 Å². The third kappa shape index (κ3) is 71.7. The standard InChI is InChI=1S/C78H148O17P2/c1-8-9-10-11-12-13-14-15-16-19-22-31-38-45-52-59-75(80)88-65-73(94-77(82)61-54-47-40-33-23-20-17-18-21-28-35-42-49-56-69(2)3)67-92-96(84,85)90-63-72(79)64-91-97(86,87)93-68-74(95-78(83)62-55-48-41-34-27-25-30-37-44-51-58-71(6)7)66-89-76(81)60-53-46-39-32-26-24-29-36-43-50-57-70(4)5/h13-16,69-74,79H,8-12,17-68H2,1-7H3,(H,84,85)(H,86,87)/b14-13-,16-15-/t72-,73-,74-/m1/s1. The van der Waals surface area contributed by atoms with Gasteiger partial charge in [0.05, 0.1) is 26.4 Å². The summed E-state index contributed by atoms with van der Waals surface area (Å²) in [5, 5.41) is 10.6. The highest BCUT2D eigenvalue weighted by molar-refractivity contribution is 7.47. The van der Waals surface area contributed by atoms with Gasteiger partial charge in [-0.05, 0) is 69.1 Å². The lowest BCUT2D eigenvalue weighted by atomic mass is 10.0. The van der Waals surface area contributed by atoms with Crippen molar-refractivity contribution < 1.29 is 80.2 Å². The molecule has 17 nitrogen and oxygen atoms in total. The van der Waals surface area contributed by atoms with E-state index >= 15 is 0 Å². The van der Waals surface area contributed by atoms with Crippen molar-refractivity contribution in [3.8, 4) is 0 Å². The Morgan fingerprint density at radius 3 is 0.835 bits per heavy atom. The monoisotopic (exact) mass is 1420 g/mol. The molecule has 0 saturated carbocycles. The van der Waals surface area contributed by atoms with Crippen molar-refractivity contribution >= 4 is 39.5 Å². The number of carbonyl (C=O) groups is 4. The number of phosphoric ester groups is 2. The van der Waals surface area contributed by atoms with E-state index in [-0.39, 0.29) is 25.7 Å². The van der Waals surface area contributed by atoms with Crippen molar-refractivity contribution in [2.75, 3.05) is 39.6 Å². The van der Waals surface area contributed by atoms with Gasteiger partial charge in [0.15, 0.2) is 12.2 Å². The molecule has 5 atom stereocenters. The number of unbranched alkanes of at least 4 members (excludes halogenated alkanes) is 39. The molecule has 0 aromatic heterocycles. The number of carbonyl (C=O) groups excluding carboxylic acids is 4. The van der Waals surface area contributed by atoms with E-state index < -0.39 is 97.5 Å². The van der Waals surface area contributed by atoms with Crippen molar-refractivity contribution in [1.82, 2.24) is 0 Å². The van der Waals surface area contributed by atoms with E-state index in [1.807, 2.05) is 0 Å². The number of rotatable bonds is 74. The summed E-state index contributed by atoms with van der Waals surface area (Å²) in [6.07, 6.45) is 57.6. The second-order valence-corrected chi connectivity index (χ2v) is 31.7. The van der Waals surface area contributed by atoms with Gasteiger partial charge in [0.25, 0.3) is 0 Å². The molecule has 0 spiro atoms. The number of phosphoric acid groups is 2. The minimum Gasteiger partial charge on any atom is -0.462 e. The van der Waals surface area contributed by atoms with Crippen LogP contribution in [0.15, 0.2) is 24.3 Å². The van der Waals surface area contributed by atoms with Gasteiger partial charge in [-0.2, -0.15) is 0 Å². The molecule has 2 unspecified atom stereocenters. The molecular weight excluding hydrogens is 1270 g/mol. The Bertz CT molecular complexity index is 1980. The fourth-order valence-corrected chi connectivity index (χ4v) is 13.0. The first-order chi connectivity index (χ1) is 46.7. The van der Waals surface area contributed by atoms with Crippen molar-refractivity contribution in [3.63, 3.8) is 0 Å². The van der Waals surface area contributed by atoms with Crippen LogP contribution >= 0.6 is 15.6 Å². The van der Waals surface area contributed by atoms with E-state index in [0.717, 1.165) is 127 Å². The third-order valence-electron chi connectivity index (χ3n) is 17.5. The highest BCUT2D eigenvalue weighted by atomic mass is 31.2. The summed E-state index contributed by atoms with van der Waals surface area (Å²) < 4.78 is 68.6. The number of allylic oxidation sites excluding steroid dienone is 4. The molecule has 0 bridgehead atoms. The van der Waals surface area contributed by atoms with Crippen LogP contribution in [0.1, 0.15) is 376 Å². The molecule has 0 amide bonds. The minimum absolute atomic E-state index is 0.100. The van der Waals surface area contributed by atoms with Crippen LogP contribution in [0.2, 0.25) is 0 Å². The quantitative estimate of drug-likeness (QED) is 0.0169. The number of hydrogen-bond acceptors (Lipinski definition) is 15. The molecule has 0 aliphatic rings. The Morgan fingerprint density at radius 1 is 0.320 bits per heavy atom. The Kier molecular flexibility index (Phi) is 66.3. The average molecular weight is 1420 g/mol. The van der Waals surface area contributed by atoms with E-state index in [1.54, 1.807) is 0 Å². The summed E-state index contributed by atoms with van der Waals surface area (Å²) in [5.41, 5.74) is 0. The van der Waals surface area contributed by atoms with Crippen LogP contribution in [0.3, 0.4) is 0 Å². The molecule has 0 saturated heterocycles. The molecule has 3 N–H and O–H groups in total. The van der Waals surface area contributed by atoms with E-state index in [2.05, 4.69) is 72.8 Å². The molecule has 0 aromatic carbocycles. The van der Waals surface area contributed by atoms with E-state index in [9.17, 15) is 43.2 Å². The Hall–Kier alpha value is -2.46. The van der Waals surface area contributed by atoms with Crippen LogP contribution in [-0.2, 0) is 65.4 Å². The maximum atomic E-state index is 13.1. The first-order valence-electron chi connectivity index (χ1n) is 39.7. The molecule has 0 heterocycles. The van der Waals surface area contributed by atoms with Crippen molar-refractivity contribution in [3.05, 3.63) is 24.3 Å². The van der Waals surface area contributed by atoms with Crippen LogP contribution in [-0.4, -0.2) is 96.7 Å². The molecule has 19 heteroatoms. The Balaban J connectivity index is 5.31. The van der Waals surface area contributed by atoms with Gasteiger partial charge in [0.2, 0.25) is 0 Å². The topological polar surface area (TPSA) is 237 Å². The fourth-order valence-electron chi connectivity index (χ4n) is 11.4. The van der Waals surface area contributed by atoms with Crippen molar-refractivity contribution in [2.45, 2.75) is 394 Å². The van der Waals surface area contributed by atoms with Crippen LogP contribution in [0.4, 0.5) is 0 Å². The summed E-state index contributed by atoms with van der Waals surface area (Å²) in [5.74, 6) is 0.147. The number of ether oxygens (including phenoxy) is 4. The molecule has 572 valence electrons. The van der Waals surface area contributed by atoms with E-state index in [0.29, 0.717) is 25.7 Å². The second kappa shape index (κ2) is 68.0. The minimum atomic E-state index is -4.97. The summed E-state index contributed by atoms with van der Waals surface area (Å²) in [4.78, 5) is 72.9. The third-order valence-corrected chi connectivity index (χ3v) is 19.4. The summed E-state index contributed by atoms with van der Waals surface area (Å²) >= 11 is 0. The van der Waals surface area contributed by atoms with Crippen LogP contribution < -0.4 is 0 Å². The first kappa shape index (κ1) is 94.5. The molecule has 0 radical (unpaired) electrons. The Morgan fingerprint density at radius 2 is 0.557 bits per heavy atom. The zero-order valence-electron chi connectivity index (χ0n) is 63.0. The average Bonchev–Trinajstić information content (AvgIpc) is 1.38. The summed E-state index contributed by atoms with van der Waals surface area (Å²) in [6.45, 7) is 11.8. The normalized spacial score (nSPS) is 14.2. The van der Waals surface area contributed by atoms with Gasteiger partial charge in [0, 0.05) is 25.7 Å². The number of aliphatic hydroxyl groups is 1. The largest absolute Gasteiger partial charge is 0.472 e. The molecular formula is C78H148O17P2. The van der Waals surface area contributed by atoms with E-state index in [1.165, 1.54) is 167 Å². The molecule has 0 aliphatic carbocycles. The highest BCUT2D eigenvalue weighted by Gasteiger charge is 2.30. The smallest absolute Gasteiger partial charge is 0.462 e. The number of aliphatic hydroxyl groups excluding tert-OH is 1. The summed E-state index contributed by atoms with van der Waals surface area (Å²) in [6, 6.07) is 0. The zero-order valence-corrected chi connectivity index (χ0v) is 64.8. The molecule has 0 aliphatic heterocycles. The lowest BCUT2D eigenvalue weighted by molar-refractivity contribution is -0.161.